The van der Waals surface area contributed by atoms with Gasteiger partial charge in [-0.05, 0) is 36.4 Å². The Balaban J connectivity index is 1.69. The molecule has 0 saturated heterocycles. The van der Waals surface area contributed by atoms with Crippen molar-refractivity contribution in [1.29, 1.82) is 0 Å². The summed E-state index contributed by atoms with van der Waals surface area (Å²) in [7, 11) is 0. The van der Waals surface area contributed by atoms with Gasteiger partial charge in [0.05, 0.1) is 34.9 Å². The number of nitrogens with zero attached hydrogens (tertiary/aromatic N) is 4. The first kappa shape index (κ1) is 20.6. The Bertz CT molecular complexity index is 1260. The Kier molecular flexibility index (Phi) is 4.79. The van der Waals surface area contributed by atoms with Crippen LogP contribution in [0.3, 0.4) is 0 Å². The Hall–Kier alpha value is -3.70. The third kappa shape index (κ3) is 4.00. The minimum Gasteiger partial charge on any atom is -0.336 e. The van der Waals surface area contributed by atoms with Crippen molar-refractivity contribution in [2.75, 3.05) is 5.32 Å². The maximum absolute atomic E-state index is 14.1. The lowest BCUT2D eigenvalue weighted by molar-refractivity contribution is -0.138. The summed E-state index contributed by atoms with van der Waals surface area (Å²) in [5.41, 5.74) is -2.52. The first-order valence-electron chi connectivity index (χ1n) is 8.54. The van der Waals surface area contributed by atoms with Crippen molar-refractivity contribution in [2.45, 2.75) is 12.4 Å². The Morgan fingerprint density at radius 2 is 1.65 bits per heavy atom. The fourth-order valence-corrected chi connectivity index (χ4v) is 2.89. The first-order valence-corrected chi connectivity index (χ1v) is 8.54. The predicted molar refractivity (Wildman–Crippen MR) is 95.9 cm³/mol. The number of fused-ring (bicyclic) bond motifs is 1. The molecule has 0 spiro atoms. The van der Waals surface area contributed by atoms with Crippen LogP contribution in [-0.4, -0.2) is 19.6 Å². The molecule has 0 bridgehead atoms. The van der Waals surface area contributed by atoms with Gasteiger partial charge in [-0.25, -0.2) is 9.37 Å². The van der Waals surface area contributed by atoms with Crippen molar-refractivity contribution in [3.8, 4) is 11.3 Å². The van der Waals surface area contributed by atoms with Gasteiger partial charge in [-0.3, -0.25) is 4.98 Å². The lowest BCUT2D eigenvalue weighted by atomic mass is 10.1. The molecule has 0 aliphatic rings. The van der Waals surface area contributed by atoms with Crippen LogP contribution in [0.5, 0.6) is 0 Å². The van der Waals surface area contributed by atoms with Crippen LogP contribution >= 0.6 is 0 Å². The molecule has 0 amide bonds. The fourth-order valence-electron chi connectivity index (χ4n) is 2.89. The van der Waals surface area contributed by atoms with Crippen molar-refractivity contribution in [2.24, 2.45) is 0 Å². The smallest absolute Gasteiger partial charge is 0.336 e. The molecule has 0 unspecified atom stereocenters. The molecule has 0 radical (unpaired) electrons. The predicted octanol–water partition coefficient (Wildman–Crippen LogP) is 5.71. The largest absolute Gasteiger partial charge is 0.418 e. The fraction of sp³-hybridized carbons (Fsp3) is 0.105. The summed E-state index contributed by atoms with van der Waals surface area (Å²) in [6, 6.07) is 5.32. The van der Waals surface area contributed by atoms with Gasteiger partial charge >= 0.3 is 12.4 Å². The maximum Gasteiger partial charge on any atom is 0.418 e. The number of hydrogen-bond acceptors (Lipinski definition) is 4. The second kappa shape index (κ2) is 7.22. The molecule has 4 rings (SSSR count). The van der Waals surface area contributed by atoms with E-state index >= 15 is 0 Å². The number of rotatable bonds is 3. The van der Waals surface area contributed by atoms with Crippen LogP contribution in [0.4, 0.5) is 42.2 Å². The highest BCUT2D eigenvalue weighted by molar-refractivity contribution is 5.68. The van der Waals surface area contributed by atoms with E-state index in [0.717, 1.165) is 28.9 Å². The number of anilines is 2. The molecular weight excluding hydrogens is 431 g/mol. The molecule has 5 nitrogen and oxygen atoms in total. The molecule has 0 atom stereocenters. The standard InChI is InChI=1S/C19H10F7N5/c20-13-7-11(18(21,22)23)3-4-14(13)30-16-9-28-15-6-10(8-29-31(15)16)17-12(19(24,25)26)2-1-5-27-17/h1-9,30H. The summed E-state index contributed by atoms with van der Waals surface area (Å²) in [6.45, 7) is 0. The molecule has 0 saturated carbocycles. The second-order valence-electron chi connectivity index (χ2n) is 6.37. The van der Waals surface area contributed by atoms with Crippen LogP contribution in [0, 0.1) is 5.82 Å². The van der Waals surface area contributed by atoms with Crippen molar-refractivity contribution in [1.82, 2.24) is 19.6 Å². The number of hydrogen-bond donors (Lipinski definition) is 1. The summed E-state index contributed by atoms with van der Waals surface area (Å²) in [5.74, 6) is -1.05. The summed E-state index contributed by atoms with van der Waals surface area (Å²) in [5, 5.41) is 6.57. The highest BCUT2D eigenvalue weighted by Crippen LogP contribution is 2.36. The van der Waals surface area contributed by atoms with E-state index < -0.39 is 29.3 Å². The van der Waals surface area contributed by atoms with E-state index in [1.807, 2.05) is 0 Å². The highest BCUT2D eigenvalue weighted by atomic mass is 19.4. The van der Waals surface area contributed by atoms with Gasteiger partial charge < -0.3 is 5.32 Å². The van der Waals surface area contributed by atoms with Gasteiger partial charge in [0.15, 0.2) is 11.5 Å². The lowest BCUT2D eigenvalue weighted by Gasteiger charge is -2.12. The molecule has 31 heavy (non-hydrogen) atoms. The Labute approximate surface area is 169 Å². The molecule has 1 aromatic carbocycles. The number of alkyl halides is 6. The number of pyridine rings is 1. The molecule has 0 fully saturated rings. The molecule has 1 N–H and O–H groups in total. The zero-order chi connectivity index (χ0) is 22.4. The third-order valence-corrected chi connectivity index (χ3v) is 4.31. The van der Waals surface area contributed by atoms with Gasteiger partial charge in [0.1, 0.15) is 5.82 Å². The van der Waals surface area contributed by atoms with E-state index in [-0.39, 0.29) is 28.4 Å². The van der Waals surface area contributed by atoms with Gasteiger partial charge in [0.25, 0.3) is 0 Å². The van der Waals surface area contributed by atoms with Gasteiger partial charge in [-0.1, -0.05) is 0 Å². The van der Waals surface area contributed by atoms with Crippen LogP contribution in [0.15, 0.2) is 55.0 Å². The molecule has 4 aromatic rings. The van der Waals surface area contributed by atoms with Gasteiger partial charge in [0, 0.05) is 11.8 Å². The van der Waals surface area contributed by atoms with Crippen molar-refractivity contribution < 1.29 is 30.7 Å². The molecule has 12 heteroatoms. The minimum atomic E-state index is -4.69. The Morgan fingerprint density at radius 1 is 0.871 bits per heavy atom. The average Bonchev–Trinajstić information content (AvgIpc) is 3.10. The Morgan fingerprint density at radius 3 is 2.32 bits per heavy atom. The molecule has 3 heterocycles. The normalized spacial score (nSPS) is 12.4. The van der Waals surface area contributed by atoms with Crippen LogP contribution < -0.4 is 5.32 Å². The lowest BCUT2D eigenvalue weighted by Crippen LogP contribution is -2.09. The topological polar surface area (TPSA) is 55.1 Å². The monoisotopic (exact) mass is 441 g/mol. The van der Waals surface area contributed by atoms with Crippen LogP contribution in [0.2, 0.25) is 0 Å². The maximum atomic E-state index is 14.1. The molecule has 160 valence electrons. The SMILES string of the molecule is Fc1cc(C(F)(F)F)ccc1Nc1cnc2cc(-c3ncccc3C(F)(F)F)cnn12. The summed E-state index contributed by atoms with van der Waals surface area (Å²) < 4.78 is 93.0. The zero-order valence-corrected chi connectivity index (χ0v) is 15.1. The number of benzene rings is 1. The zero-order valence-electron chi connectivity index (χ0n) is 15.1. The van der Waals surface area contributed by atoms with Gasteiger partial charge in [0.2, 0.25) is 0 Å². The number of aromatic nitrogens is 4. The van der Waals surface area contributed by atoms with Crippen molar-refractivity contribution in [3.63, 3.8) is 0 Å². The summed E-state index contributed by atoms with van der Waals surface area (Å²) in [6.07, 6.45) is -5.77. The summed E-state index contributed by atoms with van der Waals surface area (Å²) >= 11 is 0. The second-order valence-corrected chi connectivity index (χ2v) is 6.37. The number of halogens is 7. The quantitative estimate of drug-likeness (QED) is 0.414. The number of imidazole rings is 1. The van der Waals surface area contributed by atoms with E-state index in [1.165, 1.54) is 18.5 Å². The molecular formula is C19H10F7N5. The third-order valence-electron chi connectivity index (χ3n) is 4.31. The van der Waals surface area contributed by atoms with E-state index in [9.17, 15) is 30.7 Å². The molecule has 0 aliphatic carbocycles. The van der Waals surface area contributed by atoms with Gasteiger partial charge in [-0.15, -0.1) is 0 Å². The number of nitrogens with one attached hydrogen (secondary N) is 1. The minimum absolute atomic E-state index is 0.0540. The van der Waals surface area contributed by atoms with E-state index in [4.69, 9.17) is 0 Å². The van der Waals surface area contributed by atoms with Crippen molar-refractivity contribution in [3.05, 3.63) is 71.9 Å². The average molecular weight is 441 g/mol. The molecule has 0 aliphatic heterocycles. The highest BCUT2D eigenvalue weighted by Gasteiger charge is 2.34. The van der Waals surface area contributed by atoms with Crippen molar-refractivity contribution >= 4 is 17.2 Å². The summed E-state index contributed by atoms with van der Waals surface area (Å²) in [4.78, 5) is 7.79. The van der Waals surface area contributed by atoms with Crippen LogP contribution in [0.25, 0.3) is 16.9 Å². The van der Waals surface area contributed by atoms with Crippen LogP contribution in [-0.2, 0) is 12.4 Å². The first-order chi connectivity index (χ1) is 14.5. The van der Waals surface area contributed by atoms with Crippen LogP contribution in [0.1, 0.15) is 11.1 Å². The van der Waals surface area contributed by atoms with E-state index in [0.29, 0.717) is 12.1 Å². The van der Waals surface area contributed by atoms with E-state index in [2.05, 4.69) is 20.4 Å². The van der Waals surface area contributed by atoms with Gasteiger partial charge in [-0.2, -0.15) is 36.0 Å². The van der Waals surface area contributed by atoms with E-state index in [1.54, 1.807) is 0 Å². The molecule has 3 aromatic heterocycles.